The van der Waals surface area contributed by atoms with Gasteiger partial charge in [0.2, 0.25) is 0 Å². The Kier molecular flexibility index (Phi) is 6.33. The lowest BCUT2D eigenvalue weighted by Crippen LogP contribution is -2.32. The third-order valence-corrected chi connectivity index (χ3v) is 5.83. The van der Waals surface area contributed by atoms with E-state index in [9.17, 15) is 0 Å². The Hall–Kier alpha value is -0.100. The van der Waals surface area contributed by atoms with E-state index in [1.54, 1.807) is 0 Å². The summed E-state index contributed by atoms with van der Waals surface area (Å²) in [4.78, 5) is 8.91. The fourth-order valence-corrected chi connectivity index (χ4v) is 4.97. The van der Waals surface area contributed by atoms with Crippen LogP contribution >= 0.6 is 23.1 Å². The molecular weight excluding hydrogens is 286 g/mol. The topological polar surface area (TPSA) is 28.2 Å². The van der Waals surface area contributed by atoms with Crippen molar-refractivity contribution >= 4 is 23.1 Å². The summed E-state index contributed by atoms with van der Waals surface area (Å²) in [6.07, 6.45) is 1.10. The summed E-state index contributed by atoms with van der Waals surface area (Å²) >= 11 is 3.98. The second kappa shape index (κ2) is 7.78. The van der Waals surface area contributed by atoms with Crippen LogP contribution in [0.3, 0.4) is 0 Å². The molecule has 1 aromatic rings. The lowest BCUT2D eigenvalue weighted by Gasteiger charge is -2.30. The molecule has 1 aromatic heterocycles. The zero-order valence-electron chi connectivity index (χ0n) is 13.1. The Morgan fingerprint density at radius 2 is 2.25 bits per heavy atom. The maximum atomic E-state index is 5.00. The van der Waals surface area contributed by atoms with Crippen molar-refractivity contribution in [1.82, 2.24) is 15.2 Å². The minimum absolute atomic E-state index is 0.514. The summed E-state index contributed by atoms with van der Waals surface area (Å²) in [5.74, 6) is 3.11. The molecule has 0 saturated carbocycles. The molecule has 1 fully saturated rings. The molecule has 0 radical (unpaired) electrons. The molecule has 3 nitrogen and oxygen atoms in total. The minimum atomic E-state index is 0.514. The van der Waals surface area contributed by atoms with Gasteiger partial charge in [0.15, 0.2) is 0 Å². The second-order valence-corrected chi connectivity index (χ2v) is 8.14. The molecular formula is C15H27N3S2. The molecule has 2 rings (SSSR count). The van der Waals surface area contributed by atoms with E-state index in [4.69, 9.17) is 4.98 Å². The predicted molar refractivity (Wildman–Crippen MR) is 90.7 cm³/mol. The van der Waals surface area contributed by atoms with Crippen LogP contribution in [-0.4, -0.2) is 41.5 Å². The van der Waals surface area contributed by atoms with E-state index in [0.717, 1.165) is 19.5 Å². The van der Waals surface area contributed by atoms with Gasteiger partial charge in [-0.15, -0.1) is 11.3 Å². The maximum Gasteiger partial charge on any atom is 0.111 e. The van der Waals surface area contributed by atoms with E-state index in [2.05, 4.69) is 49.8 Å². The van der Waals surface area contributed by atoms with Gasteiger partial charge < -0.3 is 5.32 Å². The van der Waals surface area contributed by atoms with Gasteiger partial charge in [0.25, 0.3) is 0 Å². The monoisotopic (exact) mass is 313 g/mol. The lowest BCUT2D eigenvalue weighted by molar-refractivity contribution is 0.274. The molecule has 1 aliphatic rings. The Bertz CT molecular complexity index is 417. The first-order chi connectivity index (χ1) is 9.61. The molecule has 0 bridgehead atoms. The van der Waals surface area contributed by atoms with E-state index >= 15 is 0 Å². The van der Waals surface area contributed by atoms with Gasteiger partial charge in [0.1, 0.15) is 5.01 Å². The molecule has 0 amide bonds. The highest BCUT2D eigenvalue weighted by Gasteiger charge is 2.25. The molecule has 0 aromatic carbocycles. The Morgan fingerprint density at radius 1 is 1.45 bits per heavy atom. The van der Waals surface area contributed by atoms with Gasteiger partial charge in [-0.2, -0.15) is 11.8 Å². The number of hydrogen-bond donors (Lipinski definition) is 1. The number of rotatable bonds is 6. The zero-order chi connectivity index (χ0) is 14.5. The molecule has 2 heterocycles. The highest BCUT2D eigenvalue weighted by molar-refractivity contribution is 7.99. The first-order valence-corrected chi connectivity index (χ1v) is 9.56. The molecule has 5 heteroatoms. The van der Waals surface area contributed by atoms with Crippen LogP contribution in [0.5, 0.6) is 0 Å². The van der Waals surface area contributed by atoms with E-state index in [1.165, 1.54) is 33.6 Å². The lowest BCUT2D eigenvalue weighted by atomic mass is 10.1. The quantitative estimate of drug-likeness (QED) is 0.873. The largest absolute Gasteiger partial charge is 0.312 e. The Morgan fingerprint density at radius 3 is 2.90 bits per heavy atom. The number of hydrogen-bond acceptors (Lipinski definition) is 5. The molecule has 20 heavy (non-hydrogen) atoms. The van der Waals surface area contributed by atoms with Crippen LogP contribution in [0.1, 0.15) is 42.4 Å². The van der Waals surface area contributed by atoms with Crippen molar-refractivity contribution in [3.8, 4) is 0 Å². The van der Waals surface area contributed by atoms with Crippen LogP contribution in [-0.2, 0) is 13.0 Å². The van der Waals surface area contributed by atoms with Crippen molar-refractivity contribution in [2.24, 2.45) is 5.92 Å². The molecule has 1 atom stereocenters. The summed E-state index contributed by atoms with van der Waals surface area (Å²) in [5.41, 5.74) is 1.32. The van der Waals surface area contributed by atoms with Crippen LogP contribution in [0.2, 0.25) is 0 Å². The zero-order valence-corrected chi connectivity index (χ0v) is 14.7. The summed E-state index contributed by atoms with van der Waals surface area (Å²) in [6.45, 7) is 9.89. The average molecular weight is 314 g/mol. The van der Waals surface area contributed by atoms with Crippen LogP contribution in [0.4, 0.5) is 0 Å². The van der Waals surface area contributed by atoms with Gasteiger partial charge in [-0.05, 0) is 25.9 Å². The molecule has 0 aliphatic carbocycles. The number of thiazole rings is 1. The van der Waals surface area contributed by atoms with Crippen molar-refractivity contribution in [3.05, 3.63) is 15.6 Å². The predicted octanol–water partition coefficient (Wildman–Crippen LogP) is 3.17. The maximum absolute atomic E-state index is 5.00. The fraction of sp³-hybridized carbons (Fsp3) is 0.800. The van der Waals surface area contributed by atoms with Crippen molar-refractivity contribution in [3.63, 3.8) is 0 Å². The van der Waals surface area contributed by atoms with Crippen LogP contribution < -0.4 is 5.32 Å². The third-order valence-electron chi connectivity index (χ3n) is 3.61. The summed E-state index contributed by atoms with van der Waals surface area (Å²) in [5, 5.41) is 4.78. The molecule has 1 unspecified atom stereocenters. The van der Waals surface area contributed by atoms with Crippen LogP contribution in [0.15, 0.2) is 0 Å². The molecule has 1 saturated heterocycles. The van der Waals surface area contributed by atoms with Gasteiger partial charge in [-0.3, -0.25) is 4.90 Å². The molecule has 1 N–H and O–H groups in total. The van der Waals surface area contributed by atoms with Crippen molar-refractivity contribution in [2.45, 2.75) is 39.8 Å². The summed E-state index contributed by atoms with van der Waals surface area (Å²) in [7, 11) is 2.23. The highest BCUT2D eigenvalue weighted by atomic mass is 32.2. The number of thioether (sulfide) groups is 1. The smallest absolute Gasteiger partial charge is 0.111 e. The third kappa shape index (κ3) is 4.20. The van der Waals surface area contributed by atoms with E-state index in [0.29, 0.717) is 12.0 Å². The van der Waals surface area contributed by atoms with E-state index in [1.807, 2.05) is 11.3 Å². The van der Waals surface area contributed by atoms with Gasteiger partial charge in [-0.1, -0.05) is 20.8 Å². The van der Waals surface area contributed by atoms with Crippen molar-refractivity contribution in [1.29, 1.82) is 0 Å². The summed E-state index contributed by atoms with van der Waals surface area (Å²) in [6, 6.07) is 0.514. The SMILES string of the molecule is CCNCc1sc(C2CSCCN2C)nc1CC(C)C. The molecule has 114 valence electrons. The van der Waals surface area contributed by atoms with Crippen LogP contribution in [0.25, 0.3) is 0 Å². The van der Waals surface area contributed by atoms with Crippen LogP contribution in [0, 0.1) is 5.92 Å². The Balaban J connectivity index is 2.17. The standard InChI is InChI=1S/C15H27N3S2/c1-5-16-9-14-12(8-11(2)3)17-15(20-14)13-10-19-7-6-18(13)4/h11,13,16H,5-10H2,1-4H3. The Labute approximate surface area is 131 Å². The summed E-state index contributed by atoms with van der Waals surface area (Å²) < 4.78 is 0. The number of aromatic nitrogens is 1. The average Bonchev–Trinajstić information content (AvgIpc) is 2.79. The van der Waals surface area contributed by atoms with Gasteiger partial charge in [0, 0.05) is 29.5 Å². The van der Waals surface area contributed by atoms with Crippen molar-refractivity contribution in [2.75, 3.05) is 31.6 Å². The number of nitrogens with zero attached hydrogens (tertiary/aromatic N) is 2. The number of nitrogens with one attached hydrogen (secondary N) is 1. The van der Waals surface area contributed by atoms with E-state index < -0.39 is 0 Å². The highest BCUT2D eigenvalue weighted by Crippen LogP contribution is 2.33. The minimum Gasteiger partial charge on any atom is -0.312 e. The van der Waals surface area contributed by atoms with Gasteiger partial charge >= 0.3 is 0 Å². The first kappa shape index (κ1) is 16.3. The first-order valence-electron chi connectivity index (χ1n) is 7.59. The van der Waals surface area contributed by atoms with Gasteiger partial charge in [0.05, 0.1) is 11.7 Å². The second-order valence-electron chi connectivity index (χ2n) is 5.87. The normalized spacial score (nSPS) is 20.8. The molecule has 0 spiro atoms. The molecule has 1 aliphatic heterocycles. The van der Waals surface area contributed by atoms with E-state index in [-0.39, 0.29) is 0 Å². The fourth-order valence-electron chi connectivity index (χ4n) is 2.42. The van der Waals surface area contributed by atoms with Crippen molar-refractivity contribution < 1.29 is 0 Å². The van der Waals surface area contributed by atoms with Gasteiger partial charge in [-0.25, -0.2) is 4.98 Å².